The monoisotopic (exact) mass is 205 g/mol. The SMILES string of the molecule is CC(C)c1cc(N)c2c(c1)C(=O)CCO2. The third-order valence-electron chi connectivity index (χ3n) is 2.68. The standard InChI is InChI=1S/C12H15NO2/c1-7(2)8-5-9-11(14)3-4-15-12(9)10(13)6-8/h5-7H,3-4,13H2,1-2H3. The number of anilines is 1. The highest BCUT2D eigenvalue weighted by Gasteiger charge is 2.21. The van der Waals surface area contributed by atoms with Gasteiger partial charge in [0.2, 0.25) is 0 Å². The summed E-state index contributed by atoms with van der Waals surface area (Å²) in [6.07, 6.45) is 0.452. The number of ketones is 1. The summed E-state index contributed by atoms with van der Waals surface area (Å²) in [5.41, 5.74) is 8.17. The highest BCUT2D eigenvalue weighted by Crippen LogP contribution is 2.34. The number of hydrogen-bond donors (Lipinski definition) is 1. The van der Waals surface area contributed by atoms with E-state index in [4.69, 9.17) is 10.5 Å². The quantitative estimate of drug-likeness (QED) is 0.716. The van der Waals surface area contributed by atoms with Crippen molar-refractivity contribution in [3.8, 4) is 5.75 Å². The second kappa shape index (κ2) is 3.57. The number of Topliss-reactive ketones (excluding diaryl/α,β-unsaturated/α-hetero) is 1. The number of rotatable bonds is 1. The Bertz CT molecular complexity index is 410. The predicted molar refractivity (Wildman–Crippen MR) is 59.4 cm³/mol. The molecule has 2 N–H and O–H groups in total. The van der Waals surface area contributed by atoms with E-state index >= 15 is 0 Å². The average molecular weight is 205 g/mol. The van der Waals surface area contributed by atoms with Gasteiger partial charge in [0.25, 0.3) is 0 Å². The number of carbonyl (C=O) groups is 1. The van der Waals surface area contributed by atoms with Gasteiger partial charge in [-0.1, -0.05) is 13.8 Å². The highest BCUT2D eigenvalue weighted by atomic mass is 16.5. The maximum atomic E-state index is 11.7. The molecule has 80 valence electrons. The summed E-state index contributed by atoms with van der Waals surface area (Å²) in [5, 5.41) is 0. The Kier molecular flexibility index (Phi) is 2.39. The second-order valence-corrected chi connectivity index (χ2v) is 4.16. The maximum Gasteiger partial charge on any atom is 0.170 e. The lowest BCUT2D eigenvalue weighted by atomic mass is 9.95. The van der Waals surface area contributed by atoms with E-state index in [-0.39, 0.29) is 5.78 Å². The van der Waals surface area contributed by atoms with Gasteiger partial charge < -0.3 is 10.5 Å². The summed E-state index contributed by atoms with van der Waals surface area (Å²) in [5.74, 6) is 1.06. The number of fused-ring (bicyclic) bond motifs is 1. The van der Waals surface area contributed by atoms with Crippen molar-refractivity contribution >= 4 is 11.5 Å². The fraction of sp³-hybridized carbons (Fsp3) is 0.417. The van der Waals surface area contributed by atoms with Gasteiger partial charge in [-0.3, -0.25) is 4.79 Å². The van der Waals surface area contributed by atoms with Crippen molar-refractivity contribution in [2.75, 3.05) is 12.3 Å². The first-order valence-electron chi connectivity index (χ1n) is 5.19. The fourth-order valence-electron chi connectivity index (χ4n) is 1.76. The van der Waals surface area contributed by atoms with Gasteiger partial charge >= 0.3 is 0 Å². The minimum atomic E-state index is 0.130. The van der Waals surface area contributed by atoms with E-state index in [0.717, 1.165) is 5.56 Å². The summed E-state index contributed by atoms with van der Waals surface area (Å²) < 4.78 is 5.41. The van der Waals surface area contributed by atoms with Crippen LogP contribution in [-0.4, -0.2) is 12.4 Å². The number of carbonyl (C=O) groups excluding carboxylic acids is 1. The molecule has 0 fully saturated rings. The first-order chi connectivity index (χ1) is 7.09. The normalized spacial score (nSPS) is 15.0. The van der Waals surface area contributed by atoms with Crippen molar-refractivity contribution in [1.29, 1.82) is 0 Å². The third-order valence-corrected chi connectivity index (χ3v) is 2.68. The molecule has 1 aliphatic rings. The van der Waals surface area contributed by atoms with E-state index in [1.165, 1.54) is 0 Å². The summed E-state index contributed by atoms with van der Waals surface area (Å²) in [4.78, 5) is 11.7. The molecular weight excluding hydrogens is 190 g/mol. The van der Waals surface area contributed by atoms with Crippen LogP contribution in [0.25, 0.3) is 0 Å². The second-order valence-electron chi connectivity index (χ2n) is 4.16. The van der Waals surface area contributed by atoms with Gasteiger partial charge in [0, 0.05) is 6.42 Å². The number of benzene rings is 1. The molecule has 0 amide bonds. The van der Waals surface area contributed by atoms with Crippen LogP contribution in [-0.2, 0) is 0 Å². The molecule has 0 bridgehead atoms. The molecule has 0 saturated carbocycles. The molecule has 0 saturated heterocycles. The first-order valence-corrected chi connectivity index (χ1v) is 5.19. The van der Waals surface area contributed by atoms with Gasteiger partial charge in [0.15, 0.2) is 11.5 Å². The molecule has 3 nitrogen and oxygen atoms in total. The molecule has 15 heavy (non-hydrogen) atoms. The van der Waals surface area contributed by atoms with E-state index in [9.17, 15) is 4.79 Å². The van der Waals surface area contributed by atoms with E-state index in [1.54, 1.807) is 0 Å². The van der Waals surface area contributed by atoms with Crippen LogP contribution in [0, 0.1) is 0 Å². The zero-order valence-electron chi connectivity index (χ0n) is 9.04. The van der Waals surface area contributed by atoms with Gasteiger partial charge in [0.05, 0.1) is 17.9 Å². The lowest BCUT2D eigenvalue weighted by Crippen LogP contribution is -2.17. The molecule has 0 spiro atoms. The number of ether oxygens (including phenoxy) is 1. The van der Waals surface area contributed by atoms with Crippen molar-refractivity contribution < 1.29 is 9.53 Å². The van der Waals surface area contributed by atoms with Crippen LogP contribution in [0.4, 0.5) is 5.69 Å². The fourth-order valence-corrected chi connectivity index (χ4v) is 1.76. The number of hydrogen-bond acceptors (Lipinski definition) is 3. The van der Waals surface area contributed by atoms with Gasteiger partial charge in [-0.25, -0.2) is 0 Å². The topological polar surface area (TPSA) is 52.3 Å². The molecule has 1 heterocycles. The first kappa shape index (κ1) is 10.0. The van der Waals surface area contributed by atoms with Crippen molar-refractivity contribution in [3.05, 3.63) is 23.3 Å². The van der Waals surface area contributed by atoms with E-state index in [2.05, 4.69) is 13.8 Å². The summed E-state index contributed by atoms with van der Waals surface area (Å²) >= 11 is 0. The van der Waals surface area contributed by atoms with Crippen LogP contribution in [0.15, 0.2) is 12.1 Å². The minimum Gasteiger partial charge on any atom is -0.490 e. The van der Waals surface area contributed by atoms with Crippen molar-refractivity contribution in [1.82, 2.24) is 0 Å². The Labute approximate surface area is 89.2 Å². The van der Waals surface area contributed by atoms with Gasteiger partial charge in [-0.05, 0) is 23.6 Å². The van der Waals surface area contributed by atoms with Crippen LogP contribution in [0.2, 0.25) is 0 Å². The number of nitrogens with two attached hydrogens (primary N) is 1. The summed E-state index contributed by atoms with van der Waals surface area (Å²) in [6, 6.07) is 3.79. The van der Waals surface area contributed by atoms with Crippen molar-refractivity contribution in [2.24, 2.45) is 0 Å². The van der Waals surface area contributed by atoms with Gasteiger partial charge in [-0.15, -0.1) is 0 Å². The number of nitrogen functional groups attached to an aromatic ring is 1. The van der Waals surface area contributed by atoms with Crippen LogP contribution in [0.1, 0.15) is 42.1 Å². The lowest BCUT2D eigenvalue weighted by molar-refractivity contribution is 0.0934. The molecule has 0 aromatic heterocycles. The van der Waals surface area contributed by atoms with Crippen molar-refractivity contribution in [3.63, 3.8) is 0 Å². The molecular formula is C12H15NO2. The van der Waals surface area contributed by atoms with Gasteiger partial charge in [-0.2, -0.15) is 0 Å². The van der Waals surface area contributed by atoms with Crippen LogP contribution < -0.4 is 10.5 Å². The molecule has 1 aromatic rings. The lowest BCUT2D eigenvalue weighted by Gasteiger charge is -2.20. The van der Waals surface area contributed by atoms with Crippen LogP contribution in [0.5, 0.6) is 5.75 Å². The zero-order valence-corrected chi connectivity index (χ0v) is 9.04. The third kappa shape index (κ3) is 1.69. The van der Waals surface area contributed by atoms with Crippen LogP contribution >= 0.6 is 0 Å². The smallest absolute Gasteiger partial charge is 0.170 e. The summed E-state index contributed by atoms with van der Waals surface area (Å²) in [7, 11) is 0. The predicted octanol–water partition coefficient (Wildman–Crippen LogP) is 2.36. The Balaban J connectivity index is 2.56. The minimum absolute atomic E-state index is 0.130. The zero-order chi connectivity index (χ0) is 11.0. The Morgan fingerprint density at radius 3 is 2.80 bits per heavy atom. The molecule has 0 radical (unpaired) electrons. The molecule has 2 rings (SSSR count). The molecule has 3 heteroatoms. The van der Waals surface area contributed by atoms with Crippen LogP contribution in [0.3, 0.4) is 0 Å². The Morgan fingerprint density at radius 2 is 2.13 bits per heavy atom. The van der Waals surface area contributed by atoms with Gasteiger partial charge in [0.1, 0.15) is 0 Å². The highest BCUT2D eigenvalue weighted by molar-refractivity contribution is 6.01. The van der Waals surface area contributed by atoms with Crippen molar-refractivity contribution in [2.45, 2.75) is 26.2 Å². The molecule has 0 atom stereocenters. The molecule has 0 aliphatic carbocycles. The van der Waals surface area contributed by atoms with E-state index in [1.807, 2.05) is 12.1 Å². The Morgan fingerprint density at radius 1 is 1.40 bits per heavy atom. The summed E-state index contributed by atoms with van der Waals surface area (Å²) in [6.45, 7) is 4.60. The van der Waals surface area contributed by atoms with E-state index in [0.29, 0.717) is 35.9 Å². The largest absolute Gasteiger partial charge is 0.490 e. The Hall–Kier alpha value is -1.51. The maximum absolute atomic E-state index is 11.7. The molecule has 0 unspecified atom stereocenters. The molecule has 1 aromatic carbocycles. The molecule has 1 aliphatic heterocycles. The average Bonchev–Trinajstić information content (AvgIpc) is 2.19. The van der Waals surface area contributed by atoms with E-state index < -0.39 is 0 Å².